The van der Waals surface area contributed by atoms with E-state index in [1.807, 2.05) is 19.1 Å². The quantitative estimate of drug-likeness (QED) is 0.332. The Morgan fingerprint density at radius 1 is 0.848 bits per heavy atom. The molecule has 33 heavy (non-hydrogen) atoms. The Bertz CT molecular complexity index is 1480. The Morgan fingerprint density at radius 2 is 1.52 bits per heavy atom. The minimum absolute atomic E-state index is 0.0311. The van der Waals surface area contributed by atoms with Crippen molar-refractivity contribution in [3.05, 3.63) is 77.4 Å². The van der Waals surface area contributed by atoms with Gasteiger partial charge in [-0.2, -0.15) is 0 Å². The molecule has 170 valence electrons. The van der Waals surface area contributed by atoms with Crippen LogP contribution in [0, 0.1) is 20.8 Å². The van der Waals surface area contributed by atoms with Crippen LogP contribution in [0.4, 0.5) is 5.69 Å². The van der Waals surface area contributed by atoms with Crippen molar-refractivity contribution in [3.63, 3.8) is 0 Å². The number of hydrogen-bond acceptors (Lipinski definition) is 5. The smallest absolute Gasteiger partial charge is 0.261 e. The first-order valence-electron chi connectivity index (χ1n) is 10.3. The fourth-order valence-electron chi connectivity index (χ4n) is 3.91. The molecule has 0 heterocycles. The van der Waals surface area contributed by atoms with E-state index >= 15 is 0 Å². The molecule has 0 bridgehead atoms. The summed E-state index contributed by atoms with van der Waals surface area (Å²) in [6.45, 7) is 5.28. The molecule has 0 fully saturated rings. The molecule has 0 saturated heterocycles. The zero-order valence-electron chi connectivity index (χ0n) is 18.8. The van der Waals surface area contributed by atoms with Crippen LogP contribution in [0.3, 0.4) is 0 Å². The molecule has 0 aliphatic rings. The van der Waals surface area contributed by atoms with Gasteiger partial charge in [0.05, 0.1) is 17.7 Å². The molecule has 0 aliphatic carbocycles. The van der Waals surface area contributed by atoms with Gasteiger partial charge < -0.3 is 14.9 Å². The molecule has 0 atom stereocenters. The highest BCUT2D eigenvalue weighted by atomic mass is 32.2. The summed E-state index contributed by atoms with van der Waals surface area (Å²) in [4.78, 5) is 0.137. The zero-order chi connectivity index (χ0) is 23.9. The summed E-state index contributed by atoms with van der Waals surface area (Å²) in [5.74, 6) is 0.531. The lowest BCUT2D eigenvalue weighted by atomic mass is 9.91. The Morgan fingerprint density at radius 3 is 2.18 bits per heavy atom. The number of sulfonamides is 1. The van der Waals surface area contributed by atoms with Gasteiger partial charge in [0.25, 0.3) is 10.0 Å². The van der Waals surface area contributed by atoms with Crippen molar-refractivity contribution in [2.24, 2.45) is 0 Å². The maximum Gasteiger partial charge on any atom is 0.261 e. The first-order valence-corrected chi connectivity index (χ1v) is 11.8. The van der Waals surface area contributed by atoms with E-state index in [0.29, 0.717) is 39.1 Å². The third kappa shape index (κ3) is 4.07. The Hall–Kier alpha value is -3.71. The molecule has 4 rings (SSSR count). The molecule has 0 unspecified atom stereocenters. The normalized spacial score (nSPS) is 11.5. The van der Waals surface area contributed by atoms with Crippen molar-refractivity contribution in [2.45, 2.75) is 25.7 Å². The monoisotopic (exact) mass is 463 g/mol. The number of nitrogens with one attached hydrogen (secondary N) is 1. The highest BCUT2D eigenvalue weighted by Gasteiger charge is 2.23. The third-order valence-electron chi connectivity index (χ3n) is 5.78. The lowest BCUT2D eigenvalue weighted by Gasteiger charge is -2.19. The average Bonchev–Trinajstić information content (AvgIpc) is 2.78. The summed E-state index contributed by atoms with van der Waals surface area (Å²) in [7, 11) is -2.31. The van der Waals surface area contributed by atoms with Crippen LogP contribution in [0.2, 0.25) is 0 Å². The molecule has 0 radical (unpaired) electrons. The van der Waals surface area contributed by atoms with Crippen molar-refractivity contribution in [2.75, 3.05) is 11.8 Å². The third-order valence-corrected chi connectivity index (χ3v) is 7.16. The van der Waals surface area contributed by atoms with Gasteiger partial charge in [-0.15, -0.1) is 0 Å². The van der Waals surface area contributed by atoms with Crippen LogP contribution in [0.5, 0.6) is 17.2 Å². The van der Waals surface area contributed by atoms with E-state index in [1.165, 1.54) is 0 Å². The number of aromatic hydroxyl groups is 2. The number of hydrogen-bond donors (Lipinski definition) is 3. The number of fused-ring (bicyclic) bond motifs is 1. The minimum atomic E-state index is -3.86. The van der Waals surface area contributed by atoms with Gasteiger partial charge in [0, 0.05) is 11.1 Å². The average molecular weight is 464 g/mol. The highest BCUT2D eigenvalue weighted by molar-refractivity contribution is 7.92. The maximum atomic E-state index is 13.0. The highest BCUT2D eigenvalue weighted by Crippen LogP contribution is 2.46. The molecule has 0 spiro atoms. The first kappa shape index (κ1) is 22.5. The van der Waals surface area contributed by atoms with Crippen LogP contribution >= 0.6 is 0 Å². The summed E-state index contributed by atoms with van der Waals surface area (Å²) >= 11 is 0. The number of anilines is 1. The van der Waals surface area contributed by atoms with Gasteiger partial charge in [0.15, 0.2) is 0 Å². The SMILES string of the molecule is COc1ccc2ccc(O)c(-c3c(C)c(NS(=O)(=O)c4ccc(C)cc4)cc(C)c3O)c2c1. The predicted molar refractivity (Wildman–Crippen MR) is 131 cm³/mol. The summed E-state index contributed by atoms with van der Waals surface area (Å²) in [5.41, 5.74) is 2.99. The molecule has 6 nitrogen and oxygen atoms in total. The number of methoxy groups -OCH3 is 1. The zero-order valence-corrected chi connectivity index (χ0v) is 19.6. The molecular weight excluding hydrogens is 438 g/mol. The number of rotatable bonds is 5. The fraction of sp³-hybridized carbons (Fsp3) is 0.154. The lowest BCUT2D eigenvalue weighted by Crippen LogP contribution is -2.14. The van der Waals surface area contributed by atoms with Crippen molar-refractivity contribution >= 4 is 26.5 Å². The van der Waals surface area contributed by atoms with Gasteiger partial charge >= 0.3 is 0 Å². The molecule has 0 aliphatic heterocycles. The maximum absolute atomic E-state index is 13.0. The fourth-order valence-corrected chi connectivity index (χ4v) is 5.03. The van der Waals surface area contributed by atoms with Crippen LogP contribution in [0.25, 0.3) is 21.9 Å². The van der Waals surface area contributed by atoms with Crippen LogP contribution in [0.15, 0.2) is 65.6 Å². The minimum Gasteiger partial charge on any atom is -0.507 e. The molecule has 0 amide bonds. The Kier molecular flexibility index (Phi) is 5.68. The first-order chi connectivity index (χ1) is 15.6. The van der Waals surface area contributed by atoms with Gasteiger partial charge in [-0.3, -0.25) is 4.72 Å². The molecule has 7 heteroatoms. The van der Waals surface area contributed by atoms with E-state index in [2.05, 4.69) is 4.72 Å². The summed E-state index contributed by atoms with van der Waals surface area (Å²) in [6.07, 6.45) is 0. The van der Waals surface area contributed by atoms with Crippen molar-refractivity contribution < 1.29 is 23.4 Å². The Labute approximate surface area is 193 Å². The van der Waals surface area contributed by atoms with Gasteiger partial charge in [0.2, 0.25) is 0 Å². The van der Waals surface area contributed by atoms with Crippen LogP contribution < -0.4 is 9.46 Å². The molecule has 0 saturated carbocycles. The van der Waals surface area contributed by atoms with E-state index in [4.69, 9.17) is 4.74 Å². The summed E-state index contributed by atoms with van der Waals surface area (Å²) < 4.78 is 34.1. The van der Waals surface area contributed by atoms with E-state index in [9.17, 15) is 18.6 Å². The number of aryl methyl sites for hydroxylation is 2. The van der Waals surface area contributed by atoms with Crippen LogP contribution in [-0.2, 0) is 10.0 Å². The van der Waals surface area contributed by atoms with Gasteiger partial charge in [-0.25, -0.2) is 8.42 Å². The number of benzene rings is 4. The predicted octanol–water partition coefficient (Wildman–Crippen LogP) is 5.65. The second kappa shape index (κ2) is 8.33. The topological polar surface area (TPSA) is 95.9 Å². The second-order valence-electron chi connectivity index (χ2n) is 8.05. The van der Waals surface area contributed by atoms with Crippen molar-refractivity contribution in [3.8, 4) is 28.4 Å². The molecule has 3 N–H and O–H groups in total. The summed E-state index contributed by atoms with van der Waals surface area (Å²) in [6, 6.07) is 16.9. The summed E-state index contributed by atoms with van der Waals surface area (Å²) in [5, 5.41) is 23.3. The van der Waals surface area contributed by atoms with Crippen LogP contribution in [0.1, 0.15) is 16.7 Å². The van der Waals surface area contributed by atoms with Gasteiger partial charge in [0.1, 0.15) is 17.2 Å². The second-order valence-corrected chi connectivity index (χ2v) is 9.74. The van der Waals surface area contributed by atoms with E-state index in [0.717, 1.165) is 10.9 Å². The Balaban J connectivity index is 1.94. The largest absolute Gasteiger partial charge is 0.507 e. The standard InChI is InChI=1S/C26H25NO5S/c1-15-5-10-20(11-6-15)33(30,31)27-22-13-16(2)26(29)24(17(22)3)25-21-14-19(32-4)9-7-18(21)8-12-23(25)28/h5-14,27-29H,1-4H3. The molecule has 0 aromatic heterocycles. The van der Waals surface area contributed by atoms with Gasteiger partial charge in [-0.05, 0) is 79.1 Å². The molecule has 4 aromatic rings. The molecular formula is C26H25NO5S. The number of phenolic OH excluding ortho intramolecular Hbond substituents is 2. The lowest BCUT2D eigenvalue weighted by molar-refractivity contribution is 0.415. The van der Waals surface area contributed by atoms with Crippen molar-refractivity contribution in [1.82, 2.24) is 0 Å². The molecule has 4 aromatic carbocycles. The van der Waals surface area contributed by atoms with E-state index in [-0.39, 0.29) is 16.4 Å². The van der Waals surface area contributed by atoms with Gasteiger partial charge in [-0.1, -0.05) is 29.8 Å². The van der Waals surface area contributed by atoms with E-state index < -0.39 is 10.0 Å². The number of phenols is 2. The van der Waals surface area contributed by atoms with Crippen LogP contribution in [-0.4, -0.2) is 25.7 Å². The number of ether oxygens (including phenoxy) is 1. The van der Waals surface area contributed by atoms with E-state index in [1.54, 1.807) is 69.5 Å². The van der Waals surface area contributed by atoms with Crippen molar-refractivity contribution in [1.29, 1.82) is 0 Å².